The fourth-order valence-electron chi connectivity index (χ4n) is 1.27. The summed E-state index contributed by atoms with van der Waals surface area (Å²) in [4.78, 5) is 3.13. The number of aliphatic hydroxyl groups excluding tert-OH is 1. The smallest absolute Gasteiger partial charge is 0.251 e. The number of nitrogens with zero attached hydrogens (tertiary/aromatic N) is 1. The van der Waals surface area contributed by atoms with Crippen LogP contribution in [0.25, 0.3) is 0 Å². The molecule has 0 saturated carbocycles. The van der Waals surface area contributed by atoms with E-state index in [9.17, 15) is 13.2 Å². The minimum Gasteiger partial charge on any atom is -0.396 e. The average molecular weight is 234 g/mol. The van der Waals surface area contributed by atoms with Gasteiger partial charge in [0.15, 0.2) is 17.5 Å². The topological polar surface area (TPSA) is 45.1 Å². The lowest BCUT2D eigenvalue weighted by molar-refractivity contribution is 0.278. The van der Waals surface area contributed by atoms with E-state index >= 15 is 0 Å². The van der Waals surface area contributed by atoms with Crippen LogP contribution in [0.15, 0.2) is 6.07 Å². The van der Waals surface area contributed by atoms with Crippen molar-refractivity contribution in [2.75, 3.05) is 11.9 Å². The monoisotopic (exact) mass is 234 g/mol. The Morgan fingerprint density at radius 1 is 1.38 bits per heavy atom. The fourth-order valence-corrected chi connectivity index (χ4v) is 1.27. The molecule has 1 aromatic rings. The number of aromatic nitrogens is 1. The van der Waals surface area contributed by atoms with Crippen LogP contribution in [0.5, 0.6) is 0 Å². The second-order valence-electron chi connectivity index (χ2n) is 3.35. The van der Waals surface area contributed by atoms with Gasteiger partial charge < -0.3 is 10.4 Å². The zero-order valence-electron chi connectivity index (χ0n) is 8.80. The fraction of sp³-hybridized carbons (Fsp3) is 0.500. The molecule has 2 N–H and O–H groups in total. The Labute approximate surface area is 91.3 Å². The Kier molecular flexibility index (Phi) is 4.54. The van der Waals surface area contributed by atoms with Gasteiger partial charge in [-0.15, -0.1) is 0 Å². The van der Waals surface area contributed by atoms with Crippen LogP contribution >= 0.6 is 0 Å². The van der Waals surface area contributed by atoms with E-state index in [4.69, 9.17) is 5.11 Å². The van der Waals surface area contributed by atoms with Crippen molar-refractivity contribution in [1.82, 2.24) is 4.98 Å². The van der Waals surface area contributed by atoms with Crippen molar-refractivity contribution < 1.29 is 18.3 Å². The minimum absolute atomic E-state index is 0.0726. The van der Waals surface area contributed by atoms with Crippen LogP contribution in [0, 0.1) is 17.6 Å². The minimum atomic E-state index is -1.34. The first-order valence-corrected chi connectivity index (χ1v) is 4.97. The molecule has 1 aromatic heterocycles. The zero-order valence-corrected chi connectivity index (χ0v) is 8.80. The molecule has 0 aliphatic rings. The first kappa shape index (κ1) is 12.8. The molecule has 0 spiro atoms. The quantitative estimate of drug-likeness (QED) is 0.766. The van der Waals surface area contributed by atoms with Crippen LogP contribution in [-0.2, 0) is 0 Å². The van der Waals surface area contributed by atoms with Crippen LogP contribution in [0.1, 0.15) is 19.8 Å². The van der Waals surface area contributed by atoms with Crippen molar-refractivity contribution in [3.8, 4) is 0 Å². The van der Waals surface area contributed by atoms with Crippen LogP contribution in [-0.4, -0.2) is 22.7 Å². The molecule has 1 heterocycles. The number of hydrogen-bond acceptors (Lipinski definition) is 3. The molecular weight excluding hydrogens is 221 g/mol. The molecule has 1 unspecified atom stereocenters. The van der Waals surface area contributed by atoms with E-state index in [2.05, 4.69) is 10.3 Å². The maximum atomic E-state index is 13.2. The van der Waals surface area contributed by atoms with Crippen molar-refractivity contribution in [2.24, 2.45) is 0 Å². The number of aliphatic hydroxyl groups is 1. The van der Waals surface area contributed by atoms with E-state index in [1.54, 1.807) is 0 Å². The number of hydrogen-bond donors (Lipinski definition) is 2. The molecule has 3 nitrogen and oxygen atoms in total. The van der Waals surface area contributed by atoms with E-state index in [1.165, 1.54) is 0 Å². The molecule has 16 heavy (non-hydrogen) atoms. The number of nitrogens with one attached hydrogen (secondary N) is 1. The maximum absolute atomic E-state index is 13.2. The van der Waals surface area contributed by atoms with Crippen molar-refractivity contribution in [3.63, 3.8) is 0 Å². The number of halogens is 3. The highest BCUT2D eigenvalue weighted by molar-refractivity contribution is 5.37. The van der Waals surface area contributed by atoms with Crippen molar-refractivity contribution in [3.05, 3.63) is 23.6 Å². The Balaban J connectivity index is 2.83. The Hall–Kier alpha value is -1.30. The van der Waals surface area contributed by atoms with Crippen LogP contribution in [0.3, 0.4) is 0 Å². The Bertz CT molecular complexity index is 360. The second kappa shape index (κ2) is 5.69. The van der Waals surface area contributed by atoms with Crippen LogP contribution in [0.2, 0.25) is 0 Å². The van der Waals surface area contributed by atoms with Gasteiger partial charge in [-0.2, -0.15) is 9.37 Å². The van der Waals surface area contributed by atoms with E-state index in [1.807, 2.05) is 6.92 Å². The summed E-state index contributed by atoms with van der Waals surface area (Å²) in [6.07, 6.45) is 0.997. The summed E-state index contributed by atoms with van der Waals surface area (Å²) in [7, 11) is 0. The summed E-state index contributed by atoms with van der Waals surface area (Å²) >= 11 is 0. The van der Waals surface area contributed by atoms with Gasteiger partial charge in [0.1, 0.15) is 0 Å². The molecule has 0 fully saturated rings. The predicted octanol–water partition coefficient (Wildman–Crippen LogP) is 2.07. The largest absolute Gasteiger partial charge is 0.396 e. The molecule has 6 heteroatoms. The van der Waals surface area contributed by atoms with Gasteiger partial charge in [0.05, 0.1) is 0 Å². The zero-order chi connectivity index (χ0) is 12.1. The molecule has 0 saturated heterocycles. The van der Waals surface area contributed by atoms with Gasteiger partial charge in [0.25, 0.3) is 5.95 Å². The van der Waals surface area contributed by atoms with Gasteiger partial charge in [0.2, 0.25) is 0 Å². The lowest BCUT2D eigenvalue weighted by Gasteiger charge is -2.16. The van der Waals surface area contributed by atoms with Gasteiger partial charge in [-0.25, -0.2) is 8.78 Å². The summed E-state index contributed by atoms with van der Waals surface area (Å²) in [5.41, 5.74) is 0. The van der Waals surface area contributed by atoms with Crippen LogP contribution < -0.4 is 5.32 Å². The van der Waals surface area contributed by atoms with Crippen molar-refractivity contribution in [1.29, 1.82) is 0 Å². The summed E-state index contributed by atoms with van der Waals surface area (Å²) in [6.45, 7) is 1.75. The second-order valence-corrected chi connectivity index (χ2v) is 3.35. The molecule has 0 radical (unpaired) electrons. The van der Waals surface area contributed by atoms with Gasteiger partial charge >= 0.3 is 0 Å². The highest BCUT2D eigenvalue weighted by atomic mass is 19.2. The highest BCUT2D eigenvalue weighted by Gasteiger charge is 2.14. The van der Waals surface area contributed by atoms with Crippen molar-refractivity contribution in [2.45, 2.75) is 25.8 Å². The molecule has 90 valence electrons. The summed E-state index contributed by atoms with van der Waals surface area (Å²) < 4.78 is 38.5. The maximum Gasteiger partial charge on any atom is 0.251 e. The third-order valence-electron chi connectivity index (χ3n) is 2.20. The van der Waals surface area contributed by atoms with Gasteiger partial charge in [-0.05, 0) is 12.8 Å². The lowest BCUT2D eigenvalue weighted by atomic mass is 10.1. The standard InChI is InChI=1S/C10H13F3N2O/c1-2-6(3-4-16)14-10-8(12)5-7(11)9(13)15-10/h5-6,16H,2-4H2,1H3,(H,14,15). The molecule has 1 rings (SSSR count). The van der Waals surface area contributed by atoms with E-state index in [0.29, 0.717) is 18.9 Å². The van der Waals surface area contributed by atoms with Crippen molar-refractivity contribution >= 4 is 5.82 Å². The van der Waals surface area contributed by atoms with Gasteiger partial charge in [-0.1, -0.05) is 6.92 Å². The third-order valence-corrected chi connectivity index (χ3v) is 2.20. The number of anilines is 1. The number of rotatable bonds is 5. The Morgan fingerprint density at radius 3 is 2.62 bits per heavy atom. The molecule has 0 aliphatic heterocycles. The predicted molar refractivity (Wildman–Crippen MR) is 53.5 cm³/mol. The van der Waals surface area contributed by atoms with Gasteiger partial charge in [-0.3, -0.25) is 0 Å². The number of pyridine rings is 1. The normalized spacial score (nSPS) is 12.6. The summed E-state index contributed by atoms with van der Waals surface area (Å²) in [5.74, 6) is -3.95. The average Bonchev–Trinajstić information content (AvgIpc) is 2.25. The molecule has 0 aliphatic carbocycles. The summed E-state index contributed by atoms with van der Waals surface area (Å²) in [5, 5.41) is 11.3. The van der Waals surface area contributed by atoms with Gasteiger partial charge in [0, 0.05) is 18.7 Å². The molecule has 0 aromatic carbocycles. The highest BCUT2D eigenvalue weighted by Crippen LogP contribution is 2.16. The molecule has 0 bridgehead atoms. The molecular formula is C10H13F3N2O. The third kappa shape index (κ3) is 3.10. The van der Waals surface area contributed by atoms with E-state index < -0.39 is 17.6 Å². The Morgan fingerprint density at radius 2 is 2.06 bits per heavy atom. The first-order chi connectivity index (χ1) is 7.58. The van der Waals surface area contributed by atoms with E-state index in [0.717, 1.165) is 0 Å². The molecule has 1 atom stereocenters. The lowest BCUT2D eigenvalue weighted by Crippen LogP contribution is -2.21. The first-order valence-electron chi connectivity index (χ1n) is 4.97. The SMILES string of the molecule is CCC(CCO)Nc1nc(F)c(F)cc1F. The molecule has 0 amide bonds. The summed E-state index contributed by atoms with van der Waals surface area (Å²) in [6, 6.07) is 0.216. The van der Waals surface area contributed by atoms with E-state index in [-0.39, 0.29) is 18.5 Å². The van der Waals surface area contributed by atoms with Crippen LogP contribution in [0.4, 0.5) is 19.0 Å².